The van der Waals surface area contributed by atoms with Crippen molar-refractivity contribution in [3.8, 4) is 22.3 Å². The number of esters is 1. The first-order valence-electron chi connectivity index (χ1n) is 13.9. The number of carbonyl (C=O) groups excluding carboxylic acids is 1. The minimum Gasteiger partial charge on any atom is -0.460 e. The molecule has 6 nitrogen and oxygen atoms in total. The van der Waals surface area contributed by atoms with E-state index in [9.17, 15) is 4.79 Å². The Morgan fingerprint density at radius 2 is 1.85 bits per heavy atom. The van der Waals surface area contributed by atoms with Crippen molar-refractivity contribution in [2.75, 3.05) is 18.9 Å². The molecule has 1 atom stereocenters. The van der Waals surface area contributed by atoms with Crippen LogP contribution in [0.4, 0.5) is 5.82 Å². The molecular weight excluding hydrogens is 510 g/mol. The van der Waals surface area contributed by atoms with Crippen molar-refractivity contribution in [1.29, 1.82) is 0 Å². The van der Waals surface area contributed by atoms with E-state index in [0.717, 1.165) is 67.6 Å². The second-order valence-electron chi connectivity index (χ2n) is 11.5. The topological polar surface area (TPSA) is 87.3 Å². The Hall–Kier alpha value is -2.96. The Morgan fingerprint density at radius 1 is 1.08 bits per heavy atom. The highest BCUT2D eigenvalue weighted by molar-refractivity contribution is 6.29. The second-order valence-corrected chi connectivity index (χ2v) is 11.9. The van der Waals surface area contributed by atoms with Crippen LogP contribution in [0.3, 0.4) is 0 Å². The third kappa shape index (κ3) is 8.02. The average Bonchev–Trinajstić information content (AvgIpc) is 2.90. The number of carbonyl (C=O) groups is 1. The van der Waals surface area contributed by atoms with Crippen LogP contribution in [0.5, 0.6) is 0 Å². The van der Waals surface area contributed by atoms with Crippen molar-refractivity contribution in [3.05, 3.63) is 65.1 Å². The largest absolute Gasteiger partial charge is 0.460 e. The van der Waals surface area contributed by atoms with E-state index in [1.54, 1.807) is 12.3 Å². The Bertz CT molecular complexity index is 1280. The summed E-state index contributed by atoms with van der Waals surface area (Å²) in [6.45, 7) is 9.61. The summed E-state index contributed by atoms with van der Waals surface area (Å²) < 4.78 is 11.1. The van der Waals surface area contributed by atoms with Gasteiger partial charge in [-0.15, -0.1) is 0 Å². The SMILES string of the molecule is CC(CCCCC(=O)OC(C)(C)C)c1cc(-c2cnc(N)c(-c3ccnc(Cl)c3)c2)ccc1C1CCOCC1. The predicted molar refractivity (Wildman–Crippen MR) is 158 cm³/mol. The number of anilines is 1. The zero-order valence-electron chi connectivity index (χ0n) is 23.5. The van der Waals surface area contributed by atoms with Crippen LogP contribution < -0.4 is 5.73 Å². The van der Waals surface area contributed by atoms with Crippen molar-refractivity contribution in [1.82, 2.24) is 9.97 Å². The monoisotopic (exact) mass is 549 g/mol. The molecule has 3 aromatic rings. The molecule has 7 heteroatoms. The van der Waals surface area contributed by atoms with Crippen LogP contribution in [0, 0.1) is 0 Å². The van der Waals surface area contributed by atoms with Gasteiger partial charge in [-0.3, -0.25) is 4.79 Å². The Kier molecular flexibility index (Phi) is 9.62. The fourth-order valence-corrected chi connectivity index (χ4v) is 5.44. The van der Waals surface area contributed by atoms with E-state index < -0.39 is 5.60 Å². The molecule has 0 amide bonds. The number of nitrogen functional groups attached to an aromatic ring is 1. The quantitative estimate of drug-likeness (QED) is 0.165. The maximum absolute atomic E-state index is 12.1. The van der Waals surface area contributed by atoms with Gasteiger partial charge in [-0.25, -0.2) is 9.97 Å². The number of aromatic nitrogens is 2. The molecule has 1 aromatic carbocycles. The van der Waals surface area contributed by atoms with Gasteiger partial charge in [0, 0.05) is 43.2 Å². The molecule has 1 aliphatic heterocycles. The Labute approximate surface area is 237 Å². The highest BCUT2D eigenvalue weighted by atomic mass is 35.5. The second kappa shape index (κ2) is 12.9. The van der Waals surface area contributed by atoms with Gasteiger partial charge < -0.3 is 15.2 Å². The summed E-state index contributed by atoms with van der Waals surface area (Å²) in [5.41, 5.74) is 12.4. The lowest BCUT2D eigenvalue weighted by atomic mass is 9.81. The van der Waals surface area contributed by atoms with E-state index >= 15 is 0 Å². The minimum atomic E-state index is -0.441. The van der Waals surface area contributed by atoms with Crippen LogP contribution in [0.2, 0.25) is 5.15 Å². The molecule has 208 valence electrons. The van der Waals surface area contributed by atoms with Gasteiger partial charge in [0.1, 0.15) is 16.6 Å². The summed E-state index contributed by atoms with van der Waals surface area (Å²) >= 11 is 6.14. The summed E-state index contributed by atoms with van der Waals surface area (Å²) in [5, 5.41) is 0.417. The minimum absolute atomic E-state index is 0.123. The lowest BCUT2D eigenvalue weighted by molar-refractivity contribution is -0.154. The average molecular weight is 550 g/mol. The van der Waals surface area contributed by atoms with Crippen molar-refractivity contribution < 1.29 is 14.3 Å². The fraction of sp³-hybridized carbons (Fsp3) is 0.469. The number of hydrogen-bond acceptors (Lipinski definition) is 6. The molecule has 0 saturated carbocycles. The van der Waals surface area contributed by atoms with Crippen LogP contribution in [-0.2, 0) is 14.3 Å². The molecule has 0 aliphatic carbocycles. The highest BCUT2D eigenvalue weighted by Crippen LogP contribution is 2.38. The number of benzene rings is 1. The van der Waals surface area contributed by atoms with Crippen LogP contribution in [0.25, 0.3) is 22.3 Å². The van der Waals surface area contributed by atoms with Gasteiger partial charge in [-0.1, -0.05) is 43.1 Å². The van der Waals surface area contributed by atoms with Crippen molar-refractivity contribution >= 4 is 23.4 Å². The van der Waals surface area contributed by atoms with Crippen LogP contribution in [0.15, 0.2) is 48.8 Å². The molecule has 39 heavy (non-hydrogen) atoms. The van der Waals surface area contributed by atoms with E-state index in [1.165, 1.54) is 11.1 Å². The summed E-state index contributed by atoms with van der Waals surface area (Å²) in [6.07, 6.45) is 8.83. The van der Waals surface area contributed by atoms with Gasteiger partial charge in [0.25, 0.3) is 0 Å². The van der Waals surface area contributed by atoms with E-state index in [1.807, 2.05) is 33.0 Å². The van der Waals surface area contributed by atoms with Gasteiger partial charge in [-0.05, 0) is 98.7 Å². The molecule has 0 spiro atoms. The summed E-state index contributed by atoms with van der Waals surface area (Å²) in [5.74, 6) is 1.17. The summed E-state index contributed by atoms with van der Waals surface area (Å²) in [7, 11) is 0. The van der Waals surface area contributed by atoms with Gasteiger partial charge >= 0.3 is 5.97 Å². The smallest absolute Gasteiger partial charge is 0.306 e. The number of hydrogen-bond donors (Lipinski definition) is 1. The molecule has 1 fully saturated rings. The molecule has 2 N–H and O–H groups in total. The number of halogens is 1. The first-order chi connectivity index (χ1) is 18.6. The summed E-state index contributed by atoms with van der Waals surface area (Å²) in [4.78, 5) is 20.7. The van der Waals surface area contributed by atoms with Crippen LogP contribution in [-0.4, -0.2) is 34.8 Å². The van der Waals surface area contributed by atoms with Crippen molar-refractivity contribution in [3.63, 3.8) is 0 Å². The predicted octanol–water partition coefficient (Wildman–Crippen LogP) is 7.95. The number of rotatable bonds is 9. The van der Waals surface area contributed by atoms with Gasteiger partial charge in [-0.2, -0.15) is 0 Å². The van der Waals surface area contributed by atoms with Gasteiger partial charge in [0.2, 0.25) is 0 Å². The normalized spacial score (nSPS) is 15.2. The lowest BCUT2D eigenvalue weighted by Gasteiger charge is -2.27. The number of nitrogens with two attached hydrogens (primary N) is 1. The summed E-state index contributed by atoms with van der Waals surface area (Å²) in [6, 6.07) is 12.6. The number of nitrogens with zero attached hydrogens (tertiary/aromatic N) is 2. The zero-order valence-corrected chi connectivity index (χ0v) is 24.3. The standard InChI is InChI=1S/C32H40ClN3O3/c1-21(7-5-6-8-30(37)39-32(2,3)4)27-17-23(9-10-26(27)22-12-15-38-16-13-22)25-18-28(31(34)36-20-25)24-11-14-35-29(33)19-24/h9-11,14,17-22H,5-8,12-13,15-16H2,1-4H3,(H2,34,36). The number of unbranched alkanes of at least 4 members (excludes halogenated alkanes) is 1. The number of ether oxygens (including phenoxy) is 2. The molecule has 2 aromatic heterocycles. The van der Waals surface area contributed by atoms with Crippen LogP contribution in [0.1, 0.15) is 89.2 Å². The molecular formula is C32H40ClN3O3. The van der Waals surface area contributed by atoms with Gasteiger partial charge in [0.15, 0.2) is 0 Å². The van der Waals surface area contributed by atoms with E-state index in [0.29, 0.717) is 29.2 Å². The first kappa shape index (κ1) is 29.0. The van der Waals surface area contributed by atoms with Gasteiger partial charge in [0.05, 0.1) is 0 Å². The first-order valence-corrected chi connectivity index (χ1v) is 14.3. The highest BCUT2D eigenvalue weighted by Gasteiger charge is 2.22. The molecule has 0 radical (unpaired) electrons. The molecule has 3 heterocycles. The molecule has 4 rings (SSSR count). The third-order valence-corrected chi connectivity index (χ3v) is 7.46. The zero-order chi connectivity index (χ0) is 28.0. The molecule has 1 aliphatic rings. The van der Waals surface area contributed by atoms with Crippen LogP contribution >= 0.6 is 11.6 Å². The van der Waals surface area contributed by atoms with E-state index in [4.69, 9.17) is 26.8 Å². The van der Waals surface area contributed by atoms with Crippen molar-refractivity contribution in [2.45, 2.75) is 83.7 Å². The third-order valence-electron chi connectivity index (χ3n) is 7.26. The van der Waals surface area contributed by atoms with Crippen molar-refractivity contribution in [2.24, 2.45) is 0 Å². The fourth-order valence-electron chi connectivity index (χ4n) is 5.26. The van der Waals surface area contributed by atoms with E-state index in [-0.39, 0.29) is 5.97 Å². The maximum Gasteiger partial charge on any atom is 0.306 e. The Morgan fingerprint density at radius 3 is 2.56 bits per heavy atom. The van der Waals surface area contributed by atoms with E-state index in [2.05, 4.69) is 41.2 Å². The molecule has 1 saturated heterocycles. The molecule has 1 unspecified atom stereocenters. The lowest BCUT2D eigenvalue weighted by Crippen LogP contribution is -2.23. The molecule has 0 bridgehead atoms. The Balaban J connectivity index is 1.57. The number of pyridine rings is 2. The maximum atomic E-state index is 12.1.